The molecule has 2 heterocycles. The highest BCUT2D eigenvalue weighted by Crippen LogP contribution is 2.38. The Morgan fingerprint density at radius 2 is 1.84 bits per heavy atom. The van der Waals surface area contributed by atoms with Gasteiger partial charge in [0, 0.05) is 16.1 Å². The summed E-state index contributed by atoms with van der Waals surface area (Å²) in [6.07, 6.45) is -3.14. The van der Waals surface area contributed by atoms with Gasteiger partial charge < -0.3 is 16.4 Å². The number of nitrogen functional groups attached to an aromatic ring is 1. The Morgan fingerprint density at radius 1 is 1.06 bits per heavy atom. The van der Waals surface area contributed by atoms with Gasteiger partial charge in [0.05, 0.1) is 28.0 Å². The summed E-state index contributed by atoms with van der Waals surface area (Å²) in [5.74, 6) is 0. The van der Waals surface area contributed by atoms with Crippen LogP contribution in [-0.4, -0.2) is 16.0 Å². The fraction of sp³-hybridized carbons (Fsp3) is 0.0952. The van der Waals surface area contributed by atoms with Gasteiger partial charge in [-0.2, -0.15) is 13.2 Å². The number of aromatic nitrogens is 2. The molecule has 0 fully saturated rings. The summed E-state index contributed by atoms with van der Waals surface area (Å²) >= 11 is 1.46. The molecule has 0 saturated carbocycles. The molecule has 0 aliphatic carbocycles. The van der Waals surface area contributed by atoms with Gasteiger partial charge in [0.25, 0.3) is 0 Å². The maximum Gasteiger partial charge on any atom is 0.418 e. The number of rotatable bonds is 3. The third kappa shape index (κ3) is 4.15. The number of carbonyl (C=O) groups excluding carboxylic acids is 1. The first-order valence-electron chi connectivity index (χ1n) is 9.08. The van der Waals surface area contributed by atoms with Crippen molar-refractivity contribution in [2.24, 2.45) is 0 Å². The monoisotopic (exact) mass is 443 g/mol. The molecule has 0 radical (unpaired) electrons. The molecule has 0 saturated heterocycles. The highest BCUT2D eigenvalue weighted by molar-refractivity contribution is 7.19. The molecule has 0 spiro atoms. The number of nitrogens with one attached hydrogen (secondary N) is 2. The minimum atomic E-state index is -4.58. The van der Waals surface area contributed by atoms with Crippen molar-refractivity contribution < 1.29 is 18.0 Å². The number of thiophene rings is 1. The van der Waals surface area contributed by atoms with E-state index in [0.29, 0.717) is 22.6 Å². The molecule has 31 heavy (non-hydrogen) atoms. The lowest BCUT2D eigenvalue weighted by atomic mass is 10.1. The van der Waals surface area contributed by atoms with Crippen LogP contribution < -0.4 is 16.4 Å². The van der Waals surface area contributed by atoms with Crippen LogP contribution in [0.1, 0.15) is 10.4 Å². The van der Waals surface area contributed by atoms with Gasteiger partial charge in [-0.3, -0.25) is 0 Å². The number of hydrogen-bond donors (Lipinski definition) is 3. The summed E-state index contributed by atoms with van der Waals surface area (Å²) < 4.78 is 39.4. The molecular formula is C21H16F3N5OS. The van der Waals surface area contributed by atoms with Gasteiger partial charge >= 0.3 is 12.2 Å². The molecule has 2 aromatic carbocycles. The normalized spacial score (nSPS) is 11.5. The number of carbonyl (C=O) groups is 1. The van der Waals surface area contributed by atoms with Crippen molar-refractivity contribution in [1.82, 2.24) is 9.97 Å². The third-order valence-electron chi connectivity index (χ3n) is 4.59. The van der Waals surface area contributed by atoms with E-state index < -0.39 is 17.8 Å². The molecule has 0 unspecified atom stereocenters. The van der Waals surface area contributed by atoms with Crippen LogP contribution in [0.25, 0.3) is 21.5 Å². The highest BCUT2D eigenvalue weighted by Gasteiger charge is 2.33. The predicted octanol–water partition coefficient (Wildman–Crippen LogP) is 5.91. The van der Waals surface area contributed by atoms with Gasteiger partial charge in [0.2, 0.25) is 0 Å². The van der Waals surface area contributed by atoms with Crippen molar-refractivity contribution >= 4 is 44.6 Å². The smallest absolute Gasteiger partial charge is 0.397 e. The standard InChI is InChI=1S/C21H16F3N5OS/c1-11-17(25)16-18(26-10-27-19(16)31-11)12-5-4-6-13(9-12)28-20(30)29-15-8-3-2-7-14(15)21(22,23)24/h2-10H,25H2,1H3,(H2,28,29,30). The molecule has 6 nitrogen and oxygen atoms in total. The SMILES string of the molecule is Cc1sc2ncnc(-c3cccc(NC(=O)Nc4ccccc4C(F)(F)F)c3)c2c1N. The van der Waals surface area contributed by atoms with E-state index in [-0.39, 0.29) is 5.69 Å². The second kappa shape index (κ2) is 7.88. The van der Waals surface area contributed by atoms with Crippen LogP contribution in [-0.2, 0) is 6.18 Å². The number of nitrogens with two attached hydrogens (primary N) is 1. The Morgan fingerprint density at radius 3 is 2.61 bits per heavy atom. The van der Waals surface area contributed by atoms with Gasteiger partial charge in [-0.15, -0.1) is 11.3 Å². The van der Waals surface area contributed by atoms with Crippen molar-refractivity contribution in [2.75, 3.05) is 16.4 Å². The average Bonchev–Trinajstić information content (AvgIpc) is 3.01. The average molecular weight is 443 g/mol. The number of anilines is 3. The first-order valence-corrected chi connectivity index (χ1v) is 9.90. The maximum atomic E-state index is 13.1. The topological polar surface area (TPSA) is 92.9 Å². The van der Waals surface area contributed by atoms with Gasteiger partial charge in [-0.1, -0.05) is 24.3 Å². The minimum absolute atomic E-state index is 0.331. The lowest BCUT2D eigenvalue weighted by Gasteiger charge is -2.14. The molecule has 0 bridgehead atoms. The van der Waals surface area contributed by atoms with Crippen LogP contribution in [0, 0.1) is 6.92 Å². The number of aryl methyl sites for hydroxylation is 1. The van der Waals surface area contributed by atoms with E-state index in [0.717, 1.165) is 21.2 Å². The zero-order valence-corrected chi connectivity index (χ0v) is 16.9. The second-order valence-electron chi connectivity index (χ2n) is 6.68. The van der Waals surface area contributed by atoms with E-state index in [1.54, 1.807) is 24.3 Å². The Kier molecular flexibility index (Phi) is 5.24. The first kappa shape index (κ1) is 20.6. The summed E-state index contributed by atoms with van der Waals surface area (Å²) in [5.41, 5.74) is 7.21. The molecule has 4 aromatic rings. The van der Waals surface area contributed by atoms with E-state index in [4.69, 9.17) is 5.73 Å². The van der Waals surface area contributed by atoms with Crippen LogP contribution in [0.15, 0.2) is 54.9 Å². The quantitative estimate of drug-likeness (QED) is 0.367. The summed E-state index contributed by atoms with van der Waals surface area (Å²) in [5, 5.41) is 5.54. The van der Waals surface area contributed by atoms with E-state index in [2.05, 4.69) is 20.6 Å². The number of para-hydroxylation sites is 1. The van der Waals surface area contributed by atoms with Crippen molar-refractivity contribution in [2.45, 2.75) is 13.1 Å². The highest BCUT2D eigenvalue weighted by atomic mass is 32.1. The van der Waals surface area contributed by atoms with Gasteiger partial charge in [0.15, 0.2) is 0 Å². The zero-order chi connectivity index (χ0) is 22.2. The fourth-order valence-corrected chi connectivity index (χ4v) is 4.06. The number of fused-ring (bicyclic) bond motifs is 1. The Bertz CT molecular complexity index is 1290. The van der Waals surface area contributed by atoms with Crippen LogP contribution >= 0.6 is 11.3 Å². The molecule has 2 aromatic heterocycles. The van der Waals surface area contributed by atoms with Crippen molar-refractivity contribution in [3.63, 3.8) is 0 Å². The fourth-order valence-electron chi connectivity index (χ4n) is 3.15. The van der Waals surface area contributed by atoms with Crippen molar-refractivity contribution in [3.05, 3.63) is 65.3 Å². The minimum Gasteiger partial charge on any atom is -0.397 e. The first-order chi connectivity index (χ1) is 14.7. The van der Waals surface area contributed by atoms with Gasteiger partial charge in [-0.05, 0) is 31.2 Å². The number of urea groups is 1. The molecule has 0 atom stereocenters. The van der Waals surface area contributed by atoms with Crippen molar-refractivity contribution in [3.8, 4) is 11.3 Å². The number of amides is 2. The molecule has 0 aliphatic heterocycles. The second-order valence-corrected chi connectivity index (χ2v) is 7.88. The van der Waals surface area contributed by atoms with Crippen molar-refractivity contribution in [1.29, 1.82) is 0 Å². The molecule has 4 N–H and O–H groups in total. The van der Waals surface area contributed by atoms with E-state index in [1.165, 1.54) is 35.9 Å². The zero-order valence-electron chi connectivity index (χ0n) is 16.1. The number of alkyl halides is 3. The van der Waals surface area contributed by atoms with E-state index >= 15 is 0 Å². The van der Waals surface area contributed by atoms with E-state index in [1.807, 2.05) is 6.92 Å². The van der Waals surface area contributed by atoms with Crippen LogP contribution in [0.5, 0.6) is 0 Å². The van der Waals surface area contributed by atoms with Gasteiger partial charge in [0.1, 0.15) is 11.2 Å². The molecule has 0 aliphatic rings. The summed E-state index contributed by atoms with van der Waals surface area (Å²) in [7, 11) is 0. The Labute approximate surface area is 178 Å². The predicted molar refractivity (Wildman–Crippen MR) is 116 cm³/mol. The largest absolute Gasteiger partial charge is 0.418 e. The summed E-state index contributed by atoms with van der Waals surface area (Å²) in [6.45, 7) is 1.90. The molecule has 10 heteroatoms. The van der Waals surface area contributed by atoms with Gasteiger partial charge in [-0.25, -0.2) is 14.8 Å². The molecule has 4 rings (SSSR count). The number of nitrogens with zero attached hydrogens (tertiary/aromatic N) is 2. The van der Waals surface area contributed by atoms with Crippen LogP contribution in [0.2, 0.25) is 0 Å². The number of hydrogen-bond acceptors (Lipinski definition) is 5. The number of benzene rings is 2. The molecule has 2 amide bonds. The summed E-state index contributed by atoms with van der Waals surface area (Å²) in [6, 6.07) is 10.8. The maximum absolute atomic E-state index is 13.1. The summed E-state index contributed by atoms with van der Waals surface area (Å²) in [4.78, 5) is 22.6. The molecule has 158 valence electrons. The lowest BCUT2D eigenvalue weighted by Crippen LogP contribution is -2.21. The lowest BCUT2D eigenvalue weighted by molar-refractivity contribution is -0.136. The molecular weight excluding hydrogens is 427 g/mol. The third-order valence-corrected chi connectivity index (χ3v) is 5.61. The Balaban J connectivity index is 1.60. The van der Waals surface area contributed by atoms with Crippen LogP contribution in [0.3, 0.4) is 0 Å². The van der Waals surface area contributed by atoms with Crippen LogP contribution in [0.4, 0.5) is 35.0 Å². The Hall–Kier alpha value is -3.66. The number of halogens is 3. The van der Waals surface area contributed by atoms with E-state index in [9.17, 15) is 18.0 Å².